The van der Waals surface area contributed by atoms with Crippen LogP contribution in [0.1, 0.15) is 43.3 Å². The molecule has 0 unspecified atom stereocenters. The maximum absolute atomic E-state index is 10.6. The van der Waals surface area contributed by atoms with Crippen molar-refractivity contribution in [2.45, 2.75) is 52.5 Å². The van der Waals surface area contributed by atoms with Gasteiger partial charge in [0.25, 0.3) is 0 Å². The Morgan fingerprint density at radius 1 is 1.35 bits per heavy atom. The lowest BCUT2D eigenvalue weighted by Crippen LogP contribution is -2.22. The molecule has 0 fully saturated rings. The summed E-state index contributed by atoms with van der Waals surface area (Å²) < 4.78 is 3.40. The van der Waals surface area contributed by atoms with Crippen LogP contribution < -0.4 is 11.1 Å². The molecular weight excluding hydrogens is 350 g/mol. The maximum atomic E-state index is 10.6. The Labute approximate surface area is 156 Å². The molecule has 0 saturated heterocycles. The standard InChI is InChI=1S/C18H25N5O2S/c1-3-4-7-13-22-14-15(23(13)9-6-5-8-20-18(24)25)16-12(21-17(14)19)10-11(2)26-16/h10,20H,3-9H2,1-2H3,(H2,19,21)(H,24,25). The summed E-state index contributed by atoms with van der Waals surface area (Å²) in [7, 11) is 0. The van der Waals surface area contributed by atoms with Crippen LogP contribution in [0.4, 0.5) is 10.6 Å². The van der Waals surface area contributed by atoms with Gasteiger partial charge in [0.15, 0.2) is 5.82 Å². The van der Waals surface area contributed by atoms with Gasteiger partial charge in [-0.15, -0.1) is 11.3 Å². The molecule has 0 atom stereocenters. The number of unbranched alkanes of at least 4 members (excludes halogenated alkanes) is 2. The van der Waals surface area contributed by atoms with Crippen LogP contribution in [-0.4, -0.2) is 32.3 Å². The lowest BCUT2D eigenvalue weighted by Gasteiger charge is -2.10. The van der Waals surface area contributed by atoms with E-state index in [1.807, 2.05) is 0 Å². The van der Waals surface area contributed by atoms with E-state index >= 15 is 0 Å². The first-order valence-electron chi connectivity index (χ1n) is 9.02. The summed E-state index contributed by atoms with van der Waals surface area (Å²) in [5.41, 5.74) is 8.98. The average Bonchev–Trinajstić information content (AvgIpc) is 3.12. The fourth-order valence-electron chi connectivity index (χ4n) is 3.20. The van der Waals surface area contributed by atoms with Crippen molar-refractivity contribution in [2.75, 3.05) is 12.3 Å². The molecule has 3 rings (SSSR count). The summed E-state index contributed by atoms with van der Waals surface area (Å²) in [6.45, 7) is 5.50. The molecule has 26 heavy (non-hydrogen) atoms. The molecule has 0 spiro atoms. The number of carboxylic acid groups (broad SMARTS) is 1. The molecule has 0 bridgehead atoms. The Morgan fingerprint density at radius 2 is 2.15 bits per heavy atom. The smallest absolute Gasteiger partial charge is 0.404 e. The number of amides is 1. The molecule has 0 aliphatic rings. The van der Waals surface area contributed by atoms with Gasteiger partial charge in [-0.1, -0.05) is 13.3 Å². The Kier molecular flexibility index (Phi) is 5.61. The summed E-state index contributed by atoms with van der Waals surface area (Å²) in [6.07, 6.45) is 3.77. The Balaban J connectivity index is 1.97. The van der Waals surface area contributed by atoms with Gasteiger partial charge >= 0.3 is 6.09 Å². The zero-order valence-corrected chi connectivity index (χ0v) is 16.0. The van der Waals surface area contributed by atoms with Crippen molar-refractivity contribution in [1.29, 1.82) is 0 Å². The fraction of sp³-hybridized carbons (Fsp3) is 0.500. The lowest BCUT2D eigenvalue weighted by molar-refractivity contribution is 0.194. The van der Waals surface area contributed by atoms with E-state index in [1.165, 1.54) is 4.88 Å². The van der Waals surface area contributed by atoms with Crippen LogP contribution in [0.3, 0.4) is 0 Å². The summed E-state index contributed by atoms with van der Waals surface area (Å²) in [5, 5.41) is 11.1. The number of aryl methyl sites for hydroxylation is 3. The summed E-state index contributed by atoms with van der Waals surface area (Å²) in [4.78, 5) is 21.1. The number of nitrogens with two attached hydrogens (primary N) is 1. The lowest BCUT2D eigenvalue weighted by atomic mass is 10.2. The second-order valence-electron chi connectivity index (χ2n) is 6.49. The van der Waals surface area contributed by atoms with Gasteiger partial charge in [-0.2, -0.15) is 0 Å². The molecule has 3 aromatic rings. The Bertz CT molecular complexity index is 931. The summed E-state index contributed by atoms with van der Waals surface area (Å²) in [5.74, 6) is 1.52. The van der Waals surface area contributed by atoms with Gasteiger partial charge in [0.1, 0.15) is 11.3 Å². The number of anilines is 1. The van der Waals surface area contributed by atoms with Crippen molar-refractivity contribution in [3.05, 3.63) is 16.8 Å². The van der Waals surface area contributed by atoms with Crippen LogP contribution in [0.15, 0.2) is 6.07 Å². The van der Waals surface area contributed by atoms with Crippen molar-refractivity contribution in [1.82, 2.24) is 19.9 Å². The predicted octanol–water partition coefficient (Wildman–Crippen LogP) is 3.93. The van der Waals surface area contributed by atoms with E-state index in [0.717, 1.165) is 65.7 Å². The van der Waals surface area contributed by atoms with Crippen LogP contribution in [0.25, 0.3) is 21.3 Å². The quantitative estimate of drug-likeness (QED) is 0.517. The average molecular weight is 375 g/mol. The highest BCUT2D eigenvalue weighted by Gasteiger charge is 2.18. The van der Waals surface area contributed by atoms with Crippen LogP contribution in [0.2, 0.25) is 0 Å². The zero-order chi connectivity index (χ0) is 18.7. The topological polar surface area (TPSA) is 106 Å². The first kappa shape index (κ1) is 18.4. The number of pyridine rings is 1. The molecular formula is C18H25N5O2S. The molecule has 0 aliphatic heterocycles. The first-order valence-corrected chi connectivity index (χ1v) is 9.84. The molecule has 0 radical (unpaired) electrons. The minimum absolute atomic E-state index is 0.462. The molecule has 1 amide bonds. The van der Waals surface area contributed by atoms with E-state index in [1.54, 1.807) is 11.3 Å². The molecule has 7 nitrogen and oxygen atoms in total. The zero-order valence-electron chi connectivity index (χ0n) is 15.2. The molecule has 0 aromatic carbocycles. The molecule has 3 aromatic heterocycles. The van der Waals surface area contributed by atoms with E-state index in [9.17, 15) is 4.79 Å². The van der Waals surface area contributed by atoms with E-state index in [2.05, 4.69) is 34.8 Å². The van der Waals surface area contributed by atoms with Gasteiger partial charge in [-0.3, -0.25) is 0 Å². The number of rotatable bonds is 8. The van der Waals surface area contributed by atoms with Crippen LogP contribution >= 0.6 is 11.3 Å². The van der Waals surface area contributed by atoms with Crippen LogP contribution in [0, 0.1) is 6.92 Å². The van der Waals surface area contributed by atoms with E-state index < -0.39 is 6.09 Å². The number of thiophene rings is 1. The van der Waals surface area contributed by atoms with Crippen LogP contribution in [0.5, 0.6) is 0 Å². The molecule has 8 heteroatoms. The molecule has 0 saturated carbocycles. The van der Waals surface area contributed by atoms with E-state index in [-0.39, 0.29) is 0 Å². The first-order chi connectivity index (χ1) is 12.5. The predicted molar refractivity (Wildman–Crippen MR) is 106 cm³/mol. The number of imidazole rings is 1. The second kappa shape index (κ2) is 7.90. The number of fused-ring (bicyclic) bond motifs is 3. The number of nitrogens with zero attached hydrogens (tertiary/aromatic N) is 3. The third kappa shape index (κ3) is 3.75. The third-order valence-corrected chi connectivity index (χ3v) is 5.47. The number of nitrogens with one attached hydrogen (secondary N) is 1. The second-order valence-corrected chi connectivity index (χ2v) is 7.74. The molecule has 4 N–H and O–H groups in total. The maximum Gasteiger partial charge on any atom is 0.404 e. The minimum Gasteiger partial charge on any atom is -0.465 e. The summed E-state index contributed by atoms with van der Waals surface area (Å²) in [6, 6.07) is 2.07. The van der Waals surface area contributed by atoms with E-state index in [0.29, 0.717) is 12.4 Å². The van der Waals surface area contributed by atoms with Crippen LogP contribution in [-0.2, 0) is 13.0 Å². The number of carbonyl (C=O) groups is 1. The Hall–Kier alpha value is -2.35. The molecule has 3 heterocycles. The van der Waals surface area contributed by atoms with Crippen molar-refractivity contribution in [3.63, 3.8) is 0 Å². The van der Waals surface area contributed by atoms with E-state index in [4.69, 9.17) is 15.8 Å². The van der Waals surface area contributed by atoms with Crippen molar-refractivity contribution < 1.29 is 9.90 Å². The monoisotopic (exact) mass is 375 g/mol. The number of hydrogen-bond acceptors (Lipinski definition) is 5. The van der Waals surface area contributed by atoms with Crippen molar-refractivity contribution >= 4 is 44.5 Å². The highest BCUT2D eigenvalue weighted by Crippen LogP contribution is 2.34. The minimum atomic E-state index is -0.976. The largest absolute Gasteiger partial charge is 0.465 e. The summed E-state index contributed by atoms with van der Waals surface area (Å²) >= 11 is 1.72. The van der Waals surface area contributed by atoms with Gasteiger partial charge in [-0.25, -0.2) is 14.8 Å². The number of aromatic nitrogens is 3. The van der Waals surface area contributed by atoms with Crippen molar-refractivity contribution in [3.8, 4) is 0 Å². The normalized spacial score (nSPS) is 11.5. The number of hydrogen-bond donors (Lipinski definition) is 3. The van der Waals surface area contributed by atoms with Gasteiger partial charge in [0, 0.05) is 24.4 Å². The van der Waals surface area contributed by atoms with Gasteiger partial charge in [0.2, 0.25) is 0 Å². The third-order valence-electron chi connectivity index (χ3n) is 4.42. The van der Waals surface area contributed by atoms with Crippen molar-refractivity contribution in [2.24, 2.45) is 0 Å². The molecule has 140 valence electrons. The Morgan fingerprint density at radius 3 is 2.88 bits per heavy atom. The fourth-order valence-corrected chi connectivity index (χ4v) is 4.21. The highest BCUT2D eigenvalue weighted by atomic mass is 32.1. The SMILES string of the molecule is CCCCc1nc2c(N)nc3cc(C)sc3c2n1CCCCNC(=O)O. The van der Waals surface area contributed by atoms with Gasteiger partial charge in [-0.05, 0) is 32.3 Å². The van der Waals surface area contributed by atoms with Gasteiger partial charge in [0.05, 0.1) is 15.7 Å². The van der Waals surface area contributed by atoms with Gasteiger partial charge < -0.3 is 20.7 Å². The number of nitrogen functional groups attached to an aromatic ring is 1. The highest BCUT2D eigenvalue weighted by molar-refractivity contribution is 7.19. The molecule has 0 aliphatic carbocycles.